The third-order valence-electron chi connectivity index (χ3n) is 4.26. The Balaban J connectivity index is 1.70. The van der Waals surface area contributed by atoms with Gasteiger partial charge in [-0.3, -0.25) is 4.98 Å². The van der Waals surface area contributed by atoms with Crippen LogP contribution in [0.15, 0.2) is 61.1 Å². The van der Waals surface area contributed by atoms with Gasteiger partial charge in [0.25, 0.3) is 0 Å². The quantitative estimate of drug-likeness (QED) is 0.565. The van der Waals surface area contributed by atoms with Gasteiger partial charge in [-0.25, -0.2) is 4.68 Å². The number of pyridine rings is 1. The maximum atomic E-state index is 5.09. The Hall–Kier alpha value is -2.50. The number of benzene rings is 1. The highest BCUT2D eigenvalue weighted by atomic mass is 16.5. The van der Waals surface area contributed by atoms with E-state index in [1.807, 2.05) is 35.1 Å². The smallest absolute Gasteiger partial charge is 0.0988 e. The standard InChI is InChI=1S/C21H26N4O/c1-26-14-7-3-6-12-22-16-19-17-25(20-10-4-2-5-11-20)24-21(19)18-9-8-13-23-15-18/h2,4-5,8-11,13,15,17,22H,3,6-7,12,14,16H2,1H3. The highest BCUT2D eigenvalue weighted by molar-refractivity contribution is 5.62. The van der Waals surface area contributed by atoms with Gasteiger partial charge in [-0.1, -0.05) is 18.2 Å². The van der Waals surface area contributed by atoms with E-state index in [9.17, 15) is 0 Å². The summed E-state index contributed by atoms with van der Waals surface area (Å²) >= 11 is 0. The molecule has 0 aliphatic carbocycles. The van der Waals surface area contributed by atoms with Crippen molar-refractivity contribution in [3.8, 4) is 16.9 Å². The summed E-state index contributed by atoms with van der Waals surface area (Å²) < 4.78 is 7.03. The van der Waals surface area contributed by atoms with Crippen LogP contribution >= 0.6 is 0 Å². The first-order chi connectivity index (χ1) is 12.9. The van der Waals surface area contributed by atoms with Crippen molar-refractivity contribution in [2.45, 2.75) is 25.8 Å². The van der Waals surface area contributed by atoms with Gasteiger partial charge < -0.3 is 10.1 Å². The van der Waals surface area contributed by atoms with Crippen LogP contribution in [0, 0.1) is 0 Å². The van der Waals surface area contributed by atoms with E-state index in [4.69, 9.17) is 9.84 Å². The van der Waals surface area contributed by atoms with Gasteiger partial charge in [0.05, 0.1) is 11.4 Å². The lowest BCUT2D eigenvalue weighted by Crippen LogP contribution is -2.15. The molecule has 136 valence electrons. The third-order valence-corrected chi connectivity index (χ3v) is 4.26. The second-order valence-electron chi connectivity index (χ2n) is 6.25. The molecule has 0 fully saturated rings. The summed E-state index contributed by atoms with van der Waals surface area (Å²) in [7, 11) is 1.75. The molecule has 0 spiro atoms. The van der Waals surface area contributed by atoms with E-state index in [2.05, 4.69) is 34.7 Å². The molecule has 0 aliphatic rings. The van der Waals surface area contributed by atoms with Crippen LogP contribution in [0.2, 0.25) is 0 Å². The van der Waals surface area contributed by atoms with Crippen molar-refractivity contribution in [2.24, 2.45) is 0 Å². The Kier molecular flexibility index (Phi) is 6.93. The van der Waals surface area contributed by atoms with Gasteiger partial charge in [-0.2, -0.15) is 5.10 Å². The first-order valence-corrected chi connectivity index (χ1v) is 9.12. The zero-order valence-corrected chi connectivity index (χ0v) is 15.3. The van der Waals surface area contributed by atoms with Crippen LogP contribution in [-0.2, 0) is 11.3 Å². The Morgan fingerprint density at radius 1 is 1.04 bits per heavy atom. The average Bonchev–Trinajstić information content (AvgIpc) is 3.13. The lowest BCUT2D eigenvalue weighted by Gasteiger charge is -2.05. The number of hydrogen-bond acceptors (Lipinski definition) is 4. The highest BCUT2D eigenvalue weighted by Gasteiger charge is 2.12. The summed E-state index contributed by atoms with van der Waals surface area (Å²) in [4.78, 5) is 4.24. The molecule has 0 saturated heterocycles. The van der Waals surface area contributed by atoms with Gasteiger partial charge in [0.1, 0.15) is 0 Å². The van der Waals surface area contributed by atoms with Gasteiger partial charge in [-0.15, -0.1) is 0 Å². The van der Waals surface area contributed by atoms with Crippen LogP contribution in [0.25, 0.3) is 16.9 Å². The molecule has 0 atom stereocenters. The Morgan fingerprint density at radius 2 is 1.92 bits per heavy atom. The summed E-state index contributed by atoms with van der Waals surface area (Å²) in [5.41, 5.74) is 4.26. The molecule has 2 aromatic heterocycles. The van der Waals surface area contributed by atoms with Gasteiger partial charge in [-0.05, 0) is 50.1 Å². The van der Waals surface area contributed by atoms with Crippen molar-refractivity contribution in [1.82, 2.24) is 20.1 Å². The molecule has 0 bridgehead atoms. The number of unbranched alkanes of at least 4 members (excludes halogenated alkanes) is 2. The van der Waals surface area contributed by atoms with E-state index in [1.165, 1.54) is 12.0 Å². The summed E-state index contributed by atoms with van der Waals surface area (Å²) in [6.07, 6.45) is 9.21. The minimum Gasteiger partial charge on any atom is -0.385 e. The molecule has 2 heterocycles. The largest absolute Gasteiger partial charge is 0.385 e. The highest BCUT2D eigenvalue weighted by Crippen LogP contribution is 2.23. The van der Waals surface area contributed by atoms with Gasteiger partial charge >= 0.3 is 0 Å². The number of rotatable bonds is 10. The summed E-state index contributed by atoms with van der Waals surface area (Å²) in [6.45, 7) is 2.63. The fourth-order valence-corrected chi connectivity index (χ4v) is 2.89. The maximum Gasteiger partial charge on any atom is 0.0988 e. The van der Waals surface area contributed by atoms with E-state index < -0.39 is 0 Å². The molecular formula is C21H26N4O. The number of nitrogens with one attached hydrogen (secondary N) is 1. The molecular weight excluding hydrogens is 324 g/mol. The number of nitrogens with zero attached hydrogens (tertiary/aromatic N) is 3. The van der Waals surface area contributed by atoms with Crippen molar-refractivity contribution >= 4 is 0 Å². The van der Waals surface area contributed by atoms with E-state index in [0.717, 1.165) is 49.5 Å². The fraction of sp³-hybridized carbons (Fsp3) is 0.333. The first-order valence-electron chi connectivity index (χ1n) is 9.12. The van der Waals surface area contributed by atoms with Crippen LogP contribution in [0.1, 0.15) is 24.8 Å². The monoisotopic (exact) mass is 350 g/mol. The SMILES string of the molecule is COCCCCCNCc1cn(-c2ccccc2)nc1-c1cccnc1. The van der Waals surface area contributed by atoms with Gasteiger partial charge in [0.2, 0.25) is 0 Å². The molecule has 0 unspecified atom stereocenters. The average molecular weight is 350 g/mol. The molecule has 26 heavy (non-hydrogen) atoms. The molecule has 0 aliphatic heterocycles. The molecule has 3 rings (SSSR count). The second-order valence-corrected chi connectivity index (χ2v) is 6.25. The number of hydrogen-bond donors (Lipinski definition) is 1. The van der Waals surface area contributed by atoms with Crippen LogP contribution < -0.4 is 5.32 Å². The molecule has 5 nitrogen and oxygen atoms in total. The van der Waals surface area contributed by atoms with Crippen molar-refractivity contribution in [3.63, 3.8) is 0 Å². The molecule has 1 N–H and O–H groups in total. The summed E-state index contributed by atoms with van der Waals surface area (Å²) in [6, 6.07) is 14.2. The van der Waals surface area contributed by atoms with E-state index in [0.29, 0.717) is 0 Å². The molecule has 0 amide bonds. The zero-order valence-electron chi connectivity index (χ0n) is 15.3. The predicted octanol–water partition coefficient (Wildman–Crippen LogP) is 3.84. The number of methoxy groups -OCH3 is 1. The van der Waals surface area contributed by atoms with Gasteiger partial charge in [0, 0.05) is 50.0 Å². The van der Waals surface area contributed by atoms with E-state index >= 15 is 0 Å². The number of aromatic nitrogens is 3. The predicted molar refractivity (Wildman–Crippen MR) is 104 cm³/mol. The second kappa shape index (κ2) is 9.85. The van der Waals surface area contributed by atoms with E-state index in [1.54, 1.807) is 13.3 Å². The fourth-order valence-electron chi connectivity index (χ4n) is 2.89. The molecule has 5 heteroatoms. The topological polar surface area (TPSA) is 52.0 Å². The number of para-hydroxylation sites is 1. The van der Waals surface area contributed by atoms with Gasteiger partial charge in [0.15, 0.2) is 0 Å². The molecule has 1 aromatic carbocycles. The minimum atomic E-state index is 0.793. The normalized spacial score (nSPS) is 11.0. The Labute approximate surface area is 155 Å². The Morgan fingerprint density at radius 3 is 2.69 bits per heavy atom. The molecule has 0 radical (unpaired) electrons. The Bertz CT molecular complexity index is 771. The van der Waals surface area contributed by atoms with Crippen molar-refractivity contribution in [1.29, 1.82) is 0 Å². The maximum absolute atomic E-state index is 5.09. The lowest BCUT2D eigenvalue weighted by molar-refractivity contribution is 0.192. The first kappa shape index (κ1) is 18.3. The summed E-state index contributed by atoms with van der Waals surface area (Å²) in [5, 5.41) is 8.35. The van der Waals surface area contributed by atoms with Crippen molar-refractivity contribution < 1.29 is 4.74 Å². The molecule has 3 aromatic rings. The van der Waals surface area contributed by atoms with Crippen LogP contribution in [-0.4, -0.2) is 35.0 Å². The zero-order chi connectivity index (χ0) is 18.0. The number of ether oxygens (including phenoxy) is 1. The van der Waals surface area contributed by atoms with Crippen LogP contribution in [0.5, 0.6) is 0 Å². The van der Waals surface area contributed by atoms with E-state index in [-0.39, 0.29) is 0 Å². The minimum absolute atomic E-state index is 0.793. The molecule has 0 saturated carbocycles. The third kappa shape index (κ3) is 5.00. The summed E-state index contributed by atoms with van der Waals surface area (Å²) in [5.74, 6) is 0. The lowest BCUT2D eigenvalue weighted by atomic mass is 10.1. The van der Waals surface area contributed by atoms with Crippen molar-refractivity contribution in [3.05, 3.63) is 66.6 Å². The van der Waals surface area contributed by atoms with Crippen molar-refractivity contribution in [2.75, 3.05) is 20.3 Å². The van der Waals surface area contributed by atoms with Crippen LogP contribution in [0.4, 0.5) is 0 Å². The van der Waals surface area contributed by atoms with Crippen LogP contribution in [0.3, 0.4) is 0 Å².